The van der Waals surface area contributed by atoms with E-state index in [9.17, 15) is 9.59 Å². The van der Waals surface area contributed by atoms with Gasteiger partial charge in [-0.1, -0.05) is 25.7 Å². The van der Waals surface area contributed by atoms with Crippen LogP contribution in [0.5, 0.6) is 0 Å². The second-order valence-corrected chi connectivity index (χ2v) is 8.63. The lowest BCUT2D eigenvalue weighted by molar-refractivity contribution is -0.160. The fourth-order valence-electron chi connectivity index (χ4n) is 5.92. The lowest BCUT2D eigenvalue weighted by atomic mass is 9.83. The number of fused-ring (bicyclic) bond motifs is 2. The minimum atomic E-state index is -0.244. The van der Waals surface area contributed by atoms with E-state index < -0.39 is 0 Å². The van der Waals surface area contributed by atoms with Crippen LogP contribution in [0.4, 0.5) is 0 Å². The molecule has 2 heterocycles. The molecule has 0 aromatic carbocycles. The highest BCUT2D eigenvalue weighted by Gasteiger charge is 2.48. The lowest BCUT2D eigenvalue weighted by Gasteiger charge is -2.53. The molecule has 0 N–H and O–H groups in total. The van der Waals surface area contributed by atoms with Gasteiger partial charge in [-0.2, -0.15) is 0 Å². The highest BCUT2D eigenvalue weighted by Crippen LogP contribution is 2.39. The molecule has 6 atom stereocenters. The van der Waals surface area contributed by atoms with Crippen molar-refractivity contribution in [2.75, 3.05) is 6.54 Å². The summed E-state index contributed by atoms with van der Waals surface area (Å²) in [5.41, 5.74) is 0. The van der Waals surface area contributed by atoms with Crippen LogP contribution in [0.3, 0.4) is 0 Å². The Morgan fingerprint density at radius 3 is 2.36 bits per heavy atom. The SMILES string of the molecule is CC(=O)N1C2CCCCC2N(C(=O)C2CC3CCCCC3O2)C[C@@H]1C. The minimum absolute atomic E-state index is 0.101. The van der Waals surface area contributed by atoms with Gasteiger partial charge in [0.25, 0.3) is 5.91 Å². The lowest BCUT2D eigenvalue weighted by Crippen LogP contribution is -2.67. The van der Waals surface area contributed by atoms with E-state index in [-0.39, 0.29) is 36.0 Å². The number of piperazine rings is 1. The van der Waals surface area contributed by atoms with Crippen LogP contribution in [-0.4, -0.2) is 58.5 Å². The second kappa shape index (κ2) is 6.90. The highest BCUT2D eigenvalue weighted by atomic mass is 16.5. The van der Waals surface area contributed by atoms with E-state index in [0.29, 0.717) is 18.6 Å². The number of ether oxygens (including phenoxy) is 1. The normalized spacial score (nSPS) is 41.2. The number of nitrogens with zero attached hydrogens (tertiary/aromatic N) is 2. The van der Waals surface area contributed by atoms with Gasteiger partial charge in [-0.3, -0.25) is 9.59 Å². The van der Waals surface area contributed by atoms with Crippen molar-refractivity contribution < 1.29 is 14.3 Å². The minimum Gasteiger partial charge on any atom is -0.365 e. The van der Waals surface area contributed by atoms with Gasteiger partial charge in [0.1, 0.15) is 6.10 Å². The number of hydrogen-bond donors (Lipinski definition) is 0. The summed E-state index contributed by atoms with van der Waals surface area (Å²) in [4.78, 5) is 29.6. The molecular formula is C20H32N2O3. The van der Waals surface area contributed by atoms with Crippen molar-refractivity contribution in [3.8, 4) is 0 Å². The average molecular weight is 348 g/mol. The van der Waals surface area contributed by atoms with E-state index >= 15 is 0 Å². The Bertz CT molecular complexity index is 523. The summed E-state index contributed by atoms with van der Waals surface area (Å²) in [7, 11) is 0. The van der Waals surface area contributed by atoms with Crippen molar-refractivity contribution in [1.29, 1.82) is 0 Å². The molecule has 0 radical (unpaired) electrons. The Balaban J connectivity index is 1.51. The van der Waals surface area contributed by atoms with Crippen LogP contribution in [0.25, 0.3) is 0 Å². The van der Waals surface area contributed by atoms with E-state index in [1.165, 1.54) is 19.3 Å². The second-order valence-electron chi connectivity index (χ2n) is 8.63. The van der Waals surface area contributed by atoms with Gasteiger partial charge >= 0.3 is 0 Å². The number of amides is 2. The van der Waals surface area contributed by atoms with Gasteiger partial charge in [-0.15, -0.1) is 0 Å². The molecule has 4 fully saturated rings. The maximum absolute atomic E-state index is 13.3. The quantitative estimate of drug-likeness (QED) is 0.732. The number of carbonyl (C=O) groups is 2. The van der Waals surface area contributed by atoms with Crippen LogP contribution < -0.4 is 0 Å². The van der Waals surface area contributed by atoms with Gasteiger partial charge in [0, 0.05) is 19.5 Å². The molecule has 5 unspecified atom stereocenters. The highest BCUT2D eigenvalue weighted by molar-refractivity contribution is 5.82. The predicted octanol–water partition coefficient (Wildman–Crippen LogP) is 2.72. The van der Waals surface area contributed by atoms with Crippen molar-refractivity contribution in [1.82, 2.24) is 9.80 Å². The molecule has 2 amide bonds. The topological polar surface area (TPSA) is 49.9 Å². The summed E-state index contributed by atoms with van der Waals surface area (Å²) in [6.07, 6.45) is 10.2. The summed E-state index contributed by atoms with van der Waals surface area (Å²) in [6.45, 7) is 4.42. The first-order valence-corrected chi connectivity index (χ1v) is 10.3. The number of hydrogen-bond acceptors (Lipinski definition) is 3. The van der Waals surface area contributed by atoms with Crippen LogP contribution >= 0.6 is 0 Å². The Morgan fingerprint density at radius 1 is 0.960 bits per heavy atom. The molecule has 0 aromatic heterocycles. The van der Waals surface area contributed by atoms with E-state index in [0.717, 1.165) is 38.5 Å². The van der Waals surface area contributed by atoms with E-state index in [1.807, 2.05) is 4.90 Å². The smallest absolute Gasteiger partial charge is 0.252 e. The average Bonchev–Trinajstić information content (AvgIpc) is 3.04. The number of rotatable bonds is 1. The summed E-state index contributed by atoms with van der Waals surface area (Å²) in [5, 5.41) is 0. The maximum Gasteiger partial charge on any atom is 0.252 e. The van der Waals surface area contributed by atoms with Crippen molar-refractivity contribution in [2.24, 2.45) is 5.92 Å². The van der Waals surface area contributed by atoms with Crippen molar-refractivity contribution >= 4 is 11.8 Å². The monoisotopic (exact) mass is 348 g/mol. The van der Waals surface area contributed by atoms with Gasteiger partial charge in [-0.05, 0) is 44.9 Å². The molecule has 4 aliphatic rings. The zero-order valence-electron chi connectivity index (χ0n) is 15.7. The maximum atomic E-state index is 13.3. The van der Waals surface area contributed by atoms with Gasteiger partial charge in [0.05, 0.1) is 18.2 Å². The third-order valence-electron chi connectivity index (χ3n) is 7.00. The van der Waals surface area contributed by atoms with Gasteiger partial charge in [0.2, 0.25) is 5.91 Å². The van der Waals surface area contributed by atoms with Crippen LogP contribution in [0.2, 0.25) is 0 Å². The summed E-state index contributed by atoms with van der Waals surface area (Å²) in [5.74, 6) is 0.932. The van der Waals surface area contributed by atoms with Crippen molar-refractivity contribution in [3.05, 3.63) is 0 Å². The van der Waals surface area contributed by atoms with Gasteiger partial charge in [0.15, 0.2) is 0 Å². The van der Waals surface area contributed by atoms with E-state index in [4.69, 9.17) is 4.74 Å². The van der Waals surface area contributed by atoms with E-state index in [2.05, 4.69) is 11.8 Å². The third kappa shape index (κ3) is 3.09. The largest absolute Gasteiger partial charge is 0.365 e. The van der Waals surface area contributed by atoms with Crippen LogP contribution in [0.15, 0.2) is 0 Å². The standard InChI is InChI=1S/C20H32N2O3/c1-13-12-21(16-8-4-5-9-17(16)22(13)14(2)23)20(24)19-11-15-7-3-6-10-18(15)25-19/h13,15-19H,3-12H2,1-2H3/t13-,15?,16?,17?,18?,19?/m0/s1. The fourth-order valence-corrected chi connectivity index (χ4v) is 5.92. The molecule has 2 saturated heterocycles. The van der Waals surface area contributed by atoms with Crippen molar-refractivity contribution in [3.63, 3.8) is 0 Å². The summed E-state index contributed by atoms with van der Waals surface area (Å²) >= 11 is 0. The Morgan fingerprint density at radius 2 is 1.64 bits per heavy atom. The molecule has 0 spiro atoms. The molecular weight excluding hydrogens is 316 g/mol. The molecule has 4 rings (SSSR count). The van der Waals surface area contributed by atoms with Crippen LogP contribution in [0.1, 0.15) is 71.6 Å². The van der Waals surface area contributed by atoms with Gasteiger partial charge in [-0.25, -0.2) is 0 Å². The third-order valence-corrected chi connectivity index (χ3v) is 7.00. The molecule has 5 heteroatoms. The predicted molar refractivity (Wildman–Crippen MR) is 95.0 cm³/mol. The molecule has 5 nitrogen and oxygen atoms in total. The Kier molecular flexibility index (Phi) is 4.78. The first-order chi connectivity index (χ1) is 12.1. The molecule has 0 aromatic rings. The zero-order chi connectivity index (χ0) is 17.6. The van der Waals surface area contributed by atoms with Crippen molar-refractivity contribution in [2.45, 2.75) is 102 Å². The van der Waals surface area contributed by atoms with Gasteiger partial charge < -0.3 is 14.5 Å². The first kappa shape index (κ1) is 17.3. The van der Waals surface area contributed by atoms with Crippen LogP contribution in [0, 0.1) is 5.92 Å². The molecule has 2 saturated carbocycles. The zero-order valence-corrected chi connectivity index (χ0v) is 15.7. The van der Waals surface area contributed by atoms with Crippen LogP contribution in [-0.2, 0) is 14.3 Å². The Labute approximate surface area is 151 Å². The molecule has 2 aliphatic carbocycles. The Hall–Kier alpha value is -1.10. The summed E-state index contributed by atoms with van der Waals surface area (Å²) in [6, 6.07) is 0.486. The summed E-state index contributed by atoms with van der Waals surface area (Å²) < 4.78 is 6.20. The molecule has 140 valence electrons. The molecule has 0 bridgehead atoms. The molecule has 2 aliphatic heterocycles. The molecule has 25 heavy (non-hydrogen) atoms. The first-order valence-electron chi connectivity index (χ1n) is 10.3. The number of carbonyl (C=O) groups excluding carboxylic acids is 2. The van der Waals surface area contributed by atoms with E-state index in [1.54, 1.807) is 6.92 Å². The fraction of sp³-hybridized carbons (Fsp3) is 0.900.